The number of aliphatic hydroxyl groups is 1. The average Bonchev–Trinajstić information content (AvgIpc) is 3.13. The van der Waals surface area contributed by atoms with Crippen LogP contribution in [-0.4, -0.2) is 44.2 Å². The van der Waals surface area contributed by atoms with Gasteiger partial charge in [-0.3, -0.25) is 0 Å². The fraction of sp³-hybridized carbons (Fsp3) is 0.625. The Kier molecular flexibility index (Phi) is 3.04. The summed E-state index contributed by atoms with van der Waals surface area (Å²) in [6.45, 7) is 6.00. The van der Waals surface area contributed by atoms with E-state index >= 15 is 0 Å². The van der Waals surface area contributed by atoms with Crippen molar-refractivity contribution >= 4 is 0 Å². The van der Waals surface area contributed by atoms with Gasteiger partial charge in [-0.05, 0) is 38.8 Å². The summed E-state index contributed by atoms with van der Waals surface area (Å²) in [5, 5.41) is 9.69. The van der Waals surface area contributed by atoms with Crippen LogP contribution in [0, 0.1) is 12.8 Å². The van der Waals surface area contributed by atoms with E-state index in [-0.39, 0.29) is 30.8 Å². The SMILES string of the molecule is Cc1ccn([C@@H]2C[C@H](CO)[C@H]3OC(C)(C)O[C@H]32)c2ncnc1-2. The van der Waals surface area contributed by atoms with Crippen molar-refractivity contribution in [2.75, 3.05) is 6.61 Å². The Balaban J connectivity index is 1.75. The van der Waals surface area contributed by atoms with E-state index in [2.05, 4.69) is 20.6 Å². The van der Waals surface area contributed by atoms with E-state index in [1.807, 2.05) is 27.0 Å². The van der Waals surface area contributed by atoms with Crippen LogP contribution in [0.5, 0.6) is 0 Å². The lowest BCUT2D eigenvalue weighted by Crippen LogP contribution is -2.28. The fourth-order valence-corrected chi connectivity index (χ4v) is 3.84. The monoisotopic (exact) mass is 303 g/mol. The van der Waals surface area contributed by atoms with Gasteiger partial charge in [0, 0.05) is 18.7 Å². The van der Waals surface area contributed by atoms with Crippen molar-refractivity contribution in [3.8, 4) is 11.5 Å². The minimum Gasteiger partial charge on any atom is -0.396 e. The van der Waals surface area contributed by atoms with Crippen LogP contribution in [0.3, 0.4) is 0 Å². The second kappa shape index (κ2) is 4.75. The molecule has 1 saturated heterocycles. The van der Waals surface area contributed by atoms with Crippen LogP contribution >= 0.6 is 0 Å². The third kappa shape index (κ3) is 1.98. The summed E-state index contributed by atoms with van der Waals surface area (Å²) in [6, 6.07) is 2.16. The number of pyridine rings is 1. The van der Waals surface area contributed by atoms with Crippen LogP contribution in [0.25, 0.3) is 11.5 Å². The number of fused-ring (bicyclic) bond motifs is 2. The highest BCUT2D eigenvalue weighted by molar-refractivity contribution is 5.56. The van der Waals surface area contributed by atoms with Crippen LogP contribution in [0.1, 0.15) is 31.9 Å². The number of ether oxygens (including phenoxy) is 2. The van der Waals surface area contributed by atoms with Gasteiger partial charge in [0.05, 0.1) is 12.1 Å². The molecule has 0 radical (unpaired) electrons. The molecule has 0 unspecified atom stereocenters. The van der Waals surface area contributed by atoms with E-state index in [9.17, 15) is 5.11 Å². The molecule has 0 bridgehead atoms. The Hall–Kier alpha value is -1.50. The molecule has 0 amide bonds. The van der Waals surface area contributed by atoms with Gasteiger partial charge >= 0.3 is 0 Å². The molecular formula is C16H21N3O3. The Morgan fingerprint density at radius 3 is 2.86 bits per heavy atom. The highest BCUT2D eigenvalue weighted by Gasteiger charge is 2.54. The molecule has 0 aromatic rings. The molecule has 118 valence electrons. The summed E-state index contributed by atoms with van der Waals surface area (Å²) >= 11 is 0. The fourth-order valence-electron chi connectivity index (χ4n) is 3.84. The first-order valence-corrected chi connectivity index (χ1v) is 7.75. The Labute approximate surface area is 129 Å². The number of aromatic nitrogens is 3. The van der Waals surface area contributed by atoms with Gasteiger partial charge < -0.3 is 19.1 Å². The second-order valence-electron chi connectivity index (χ2n) is 6.76. The van der Waals surface area contributed by atoms with Crippen molar-refractivity contribution in [2.24, 2.45) is 5.92 Å². The minimum atomic E-state index is -0.608. The van der Waals surface area contributed by atoms with Crippen LogP contribution in [0.4, 0.5) is 0 Å². The van der Waals surface area contributed by atoms with Gasteiger partial charge in [0.15, 0.2) is 11.6 Å². The topological polar surface area (TPSA) is 69.4 Å². The smallest absolute Gasteiger partial charge is 0.163 e. The maximum Gasteiger partial charge on any atom is 0.163 e. The summed E-state index contributed by atoms with van der Waals surface area (Å²) in [6.07, 6.45) is 4.32. The van der Waals surface area contributed by atoms with Crippen molar-refractivity contribution in [1.29, 1.82) is 0 Å². The molecule has 6 nitrogen and oxygen atoms in total. The maximum atomic E-state index is 9.69. The zero-order valence-corrected chi connectivity index (χ0v) is 13.1. The lowest BCUT2D eigenvalue weighted by Gasteiger charge is -2.26. The van der Waals surface area contributed by atoms with Crippen molar-refractivity contribution in [1.82, 2.24) is 14.5 Å². The van der Waals surface area contributed by atoms with Gasteiger partial charge in [-0.25, -0.2) is 9.97 Å². The molecule has 3 aliphatic heterocycles. The summed E-state index contributed by atoms with van der Waals surface area (Å²) in [5.41, 5.74) is 2.03. The minimum absolute atomic E-state index is 0.0697. The standard InChI is InChI=1S/C16H21N3O3/c1-9-4-5-19(15-12(9)17-8-18-15)11-6-10(7-20)13-14(11)22-16(2,3)21-13/h4-5,8,10-11,13-14,20H,6-7H2,1-3H3/t10-,11-,13-,14+/m1/s1. The van der Waals surface area contributed by atoms with Gasteiger partial charge in [0.2, 0.25) is 0 Å². The van der Waals surface area contributed by atoms with Gasteiger partial charge in [-0.15, -0.1) is 0 Å². The number of aryl methyl sites for hydroxylation is 1. The lowest BCUT2D eigenvalue weighted by atomic mass is 10.1. The zero-order chi connectivity index (χ0) is 15.5. The normalized spacial score (nSPS) is 33.5. The quantitative estimate of drug-likeness (QED) is 0.915. The molecule has 1 saturated carbocycles. The second-order valence-corrected chi connectivity index (χ2v) is 6.76. The van der Waals surface area contributed by atoms with E-state index in [1.54, 1.807) is 6.33 Å². The number of hydrogen-bond donors (Lipinski definition) is 1. The van der Waals surface area contributed by atoms with Crippen molar-refractivity contribution in [3.63, 3.8) is 0 Å². The molecule has 4 atom stereocenters. The zero-order valence-electron chi connectivity index (χ0n) is 13.1. The van der Waals surface area contributed by atoms with Crippen LogP contribution in [-0.2, 0) is 9.47 Å². The molecule has 1 aliphatic carbocycles. The van der Waals surface area contributed by atoms with Gasteiger partial charge in [-0.1, -0.05) is 0 Å². The van der Waals surface area contributed by atoms with Crippen molar-refractivity contribution in [2.45, 2.75) is 51.2 Å². The van der Waals surface area contributed by atoms with Crippen molar-refractivity contribution in [3.05, 3.63) is 24.2 Å². The maximum absolute atomic E-state index is 9.69. The molecule has 6 heteroatoms. The first-order chi connectivity index (χ1) is 10.5. The largest absolute Gasteiger partial charge is 0.396 e. The third-order valence-corrected chi connectivity index (χ3v) is 4.83. The van der Waals surface area contributed by atoms with E-state index in [4.69, 9.17) is 9.47 Å². The number of rotatable bonds is 2. The molecular weight excluding hydrogens is 282 g/mol. The number of aliphatic hydroxyl groups excluding tert-OH is 1. The van der Waals surface area contributed by atoms with E-state index in [1.165, 1.54) is 0 Å². The van der Waals surface area contributed by atoms with Gasteiger partial charge in [0.1, 0.15) is 18.1 Å². The summed E-state index contributed by atoms with van der Waals surface area (Å²) in [7, 11) is 0. The Bertz CT molecular complexity index is 669. The lowest BCUT2D eigenvalue weighted by molar-refractivity contribution is -0.161. The third-order valence-electron chi connectivity index (χ3n) is 4.83. The molecule has 4 aliphatic rings. The molecule has 0 spiro atoms. The highest BCUT2D eigenvalue weighted by atomic mass is 16.8. The van der Waals surface area contributed by atoms with Crippen LogP contribution in [0.2, 0.25) is 0 Å². The number of nitrogens with zero attached hydrogens (tertiary/aromatic N) is 3. The first-order valence-electron chi connectivity index (χ1n) is 7.75. The molecule has 2 fully saturated rings. The summed E-state index contributed by atoms with van der Waals surface area (Å²) in [4.78, 5) is 8.77. The average molecular weight is 303 g/mol. The first kappa shape index (κ1) is 14.1. The Morgan fingerprint density at radius 1 is 1.32 bits per heavy atom. The summed E-state index contributed by atoms with van der Waals surface area (Å²) in [5.74, 6) is 0.350. The molecule has 22 heavy (non-hydrogen) atoms. The van der Waals surface area contributed by atoms with Gasteiger partial charge in [-0.2, -0.15) is 0 Å². The molecule has 4 rings (SSSR count). The Morgan fingerprint density at radius 2 is 2.09 bits per heavy atom. The predicted molar refractivity (Wildman–Crippen MR) is 79.4 cm³/mol. The molecule has 1 N–H and O–H groups in total. The van der Waals surface area contributed by atoms with Crippen LogP contribution < -0.4 is 0 Å². The molecule has 0 aromatic heterocycles. The molecule has 0 aromatic carbocycles. The number of hydrogen-bond acceptors (Lipinski definition) is 5. The van der Waals surface area contributed by atoms with Crippen LogP contribution in [0.15, 0.2) is 18.6 Å². The van der Waals surface area contributed by atoms with E-state index in [0.29, 0.717) is 0 Å². The predicted octanol–water partition coefficient (Wildman–Crippen LogP) is 1.76. The molecule has 3 heterocycles. The van der Waals surface area contributed by atoms with E-state index < -0.39 is 5.79 Å². The summed E-state index contributed by atoms with van der Waals surface area (Å²) < 4.78 is 14.3. The van der Waals surface area contributed by atoms with E-state index in [0.717, 1.165) is 23.5 Å². The highest BCUT2D eigenvalue weighted by Crippen LogP contribution is 2.47. The van der Waals surface area contributed by atoms with Crippen molar-refractivity contribution < 1.29 is 14.6 Å². The number of imidazole rings is 1. The van der Waals surface area contributed by atoms with Gasteiger partial charge in [0.25, 0.3) is 0 Å².